The van der Waals surface area contributed by atoms with E-state index in [2.05, 4.69) is 5.32 Å². The third kappa shape index (κ3) is 4.21. The van der Waals surface area contributed by atoms with Gasteiger partial charge in [0.2, 0.25) is 0 Å². The van der Waals surface area contributed by atoms with Crippen molar-refractivity contribution in [1.82, 2.24) is 4.90 Å². The van der Waals surface area contributed by atoms with E-state index in [1.165, 1.54) is 0 Å². The molecule has 136 valence electrons. The van der Waals surface area contributed by atoms with Gasteiger partial charge in [-0.1, -0.05) is 6.07 Å². The summed E-state index contributed by atoms with van der Waals surface area (Å²) < 4.78 is 5.27. The molecule has 0 bridgehead atoms. The van der Waals surface area contributed by atoms with E-state index in [1.54, 1.807) is 35.2 Å². The molecule has 3 rings (SSSR count). The van der Waals surface area contributed by atoms with Crippen LogP contribution in [0.25, 0.3) is 0 Å². The van der Waals surface area contributed by atoms with Crippen LogP contribution in [0.4, 0.5) is 11.4 Å². The number of morpholine rings is 1. The van der Waals surface area contributed by atoms with Crippen LogP contribution in [-0.4, -0.2) is 57.1 Å². The molecule has 1 heterocycles. The molecule has 6 heteroatoms. The molecule has 0 unspecified atom stereocenters. The lowest BCUT2D eigenvalue weighted by atomic mass is 10.1. The van der Waals surface area contributed by atoms with Crippen molar-refractivity contribution in [3.8, 4) is 0 Å². The summed E-state index contributed by atoms with van der Waals surface area (Å²) in [6, 6.07) is 14.4. The Morgan fingerprint density at radius 3 is 2.35 bits per heavy atom. The fraction of sp³-hybridized carbons (Fsp3) is 0.300. The lowest BCUT2D eigenvalue weighted by Gasteiger charge is -2.26. The number of carbonyl (C=O) groups excluding carboxylic acids is 2. The topological polar surface area (TPSA) is 61.9 Å². The first-order valence-corrected chi connectivity index (χ1v) is 8.60. The number of hydrogen-bond acceptors (Lipinski definition) is 4. The van der Waals surface area contributed by atoms with E-state index in [4.69, 9.17) is 4.74 Å². The molecular weight excluding hydrogens is 330 g/mol. The Kier molecular flexibility index (Phi) is 5.53. The summed E-state index contributed by atoms with van der Waals surface area (Å²) >= 11 is 0. The fourth-order valence-electron chi connectivity index (χ4n) is 2.77. The van der Waals surface area contributed by atoms with Crippen molar-refractivity contribution in [2.75, 3.05) is 50.6 Å². The second kappa shape index (κ2) is 8.01. The number of ether oxygens (including phenoxy) is 1. The maximum Gasteiger partial charge on any atom is 0.255 e. The Hall–Kier alpha value is -2.86. The van der Waals surface area contributed by atoms with Crippen LogP contribution in [0.1, 0.15) is 20.7 Å². The first-order chi connectivity index (χ1) is 12.5. The van der Waals surface area contributed by atoms with Gasteiger partial charge in [0, 0.05) is 49.7 Å². The van der Waals surface area contributed by atoms with Crippen molar-refractivity contribution < 1.29 is 14.3 Å². The van der Waals surface area contributed by atoms with Gasteiger partial charge in [-0.05, 0) is 42.5 Å². The molecule has 0 atom stereocenters. The van der Waals surface area contributed by atoms with E-state index in [9.17, 15) is 9.59 Å². The van der Waals surface area contributed by atoms with Gasteiger partial charge in [0.15, 0.2) is 0 Å². The quantitative estimate of drug-likeness (QED) is 0.917. The Labute approximate surface area is 153 Å². The Balaban J connectivity index is 1.66. The molecule has 0 spiro atoms. The van der Waals surface area contributed by atoms with Crippen molar-refractivity contribution in [3.05, 3.63) is 59.7 Å². The lowest BCUT2D eigenvalue weighted by Crippen LogP contribution is -2.40. The van der Waals surface area contributed by atoms with Gasteiger partial charge in [0.1, 0.15) is 0 Å². The maximum absolute atomic E-state index is 12.4. The zero-order valence-electron chi connectivity index (χ0n) is 15.1. The summed E-state index contributed by atoms with van der Waals surface area (Å²) in [5.74, 6) is -0.189. The van der Waals surface area contributed by atoms with Crippen LogP contribution in [0.5, 0.6) is 0 Å². The number of carbonyl (C=O) groups is 2. The van der Waals surface area contributed by atoms with Gasteiger partial charge < -0.3 is 19.9 Å². The summed E-state index contributed by atoms with van der Waals surface area (Å²) in [7, 11) is 3.86. The van der Waals surface area contributed by atoms with Gasteiger partial charge in [0.25, 0.3) is 11.8 Å². The van der Waals surface area contributed by atoms with Gasteiger partial charge in [-0.15, -0.1) is 0 Å². The molecule has 2 amide bonds. The number of hydrogen-bond donors (Lipinski definition) is 1. The van der Waals surface area contributed by atoms with Crippen LogP contribution < -0.4 is 10.2 Å². The number of nitrogens with one attached hydrogen (secondary N) is 1. The van der Waals surface area contributed by atoms with Crippen molar-refractivity contribution >= 4 is 23.2 Å². The van der Waals surface area contributed by atoms with Crippen molar-refractivity contribution in [3.63, 3.8) is 0 Å². The molecule has 1 aliphatic rings. The standard InChI is InChI=1S/C20H23N3O3/c1-22(2)18-5-3-4-16(14-18)19(24)21-17-8-6-15(7-9-17)20(25)23-10-12-26-13-11-23/h3-9,14H,10-13H2,1-2H3,(H,21,24). The van der Waals surface area contributed by atoms with Gasteiger partial charge in [-0.2, -0.15) is 0 Å². The molecule has 0 aliphatic carbocycles. The van der Waals surface area contributed by atoms with Crippen LogP contribution in [0.2, 0.25) is 0 Å². The predicted octanol–water partition coefficient (Wildman–Crippen LogP) is 2.48. The van der Waals surface area contributed by atoms with Gasteiger partial charge in [-0.25, -0.2) is 0 Å². The van der Waals surface area contributed by atoms with Gasteiger partial charge in [0.05, 0.1) is 13.2 Å². The molecule has 1 N–H and O–H groups in total. The zero-order chi connectivity index (χ0) is 18.5. The minimum Gasteiger partial charge on any atom is -0.378 e. The smallest absolute Gasteiger partial charge is 0.255 e. The minimum atomic E-state index is -0.180. The number of nitrogens with zero attached hydrogens (tertiary/aromatic N) is 2. The summed E-state index contributed by atoms with van der Waals surface area (Å²) in [5, 5.41) is 2.87. The number of rotatable bonds is 4. The predicted molar refractivity (Wildman–Crippen MR) is 102 cm³/mol. The molecule has 0 radical (unpaired) electrons. The average molecular weight is 353 g/mol. The molecular formula is C20H23N3O3. The van der Waals surface area contributed by atoms with Crippen LogP contribution in [-0.2, 0) is 4.74 Å². The molecule has 0 aromatic heterocycles. The van der Waals surface area contributed by atoms with E-state index in [0.717, 1.165) is 5.69 Å². The highest BCUT2D eigenvalue weighted by Gasteiger charge is 2.18. The van der Waals surface area contributed by atoms with E-state index in [0.29, 0.717) is 43.1 Å². The first kappa shape index (κ1) is 17.9. The monoisotopic (exact) mass is 353 g/mol. The Morgan fingerprint density at radius 2 is 1.69 bits per heavy atom. The van der Waals surface area contributed by atoms with Crippen LogP contribution >= 0.6 is 0 Å². The maximum atomic E-state index is 12.4. The lowest BCUT2D eigenvalue weighted by molar-refractivity contribution is 0.0303. The van der Waals surface area contributed by atoms with Crippen LogP contribution in [0.3, 0.4) is 0 Å². The Bertz CT molecular complexity index is 781. The summed E-state index contributed by atoms with van der Waals surface area (Å²) in [6.45, 7) is 2.37. The average Bonchev–Trinajstić information content (AvgIpc) is 2.68. The van der Waals surface area contributed by atoms with E-state index >= 15 is 0 Å². The molecule has 1 aliphatic heterocycles. The highest BCUT2D eigenvalue weighted by Crippen LogP contribution is 2.17. The van der Waals surface area contributed by atoms with Crippen LogP contribution in [0.15, 0.2) is 48.5 Å². The molecule has 6 nitrogen and oxygen atoms in total. The van der Waals surface area contributed by atoms with E-state index in [1.807, 2.05) is 37.2 Å². The second-order valence-electron chi connectivity index (χ2n) is 6.38. The summed E-state index contributed by atoms with van der Waals surface area (Å²) in [5.41, 5.74) is 2.82. The third-order valence-corrected chi connectivity index (χ3v) is 4.31. The largest absolute Gasteiger partial charge is 0.378 e. The number of anilines is 2. The van der Waals surface area contributed by atoms with Gasteiger partial charge >= 0.3 is 0 Å². The Morgan fingerprint density at radius 1 is 1.00 bits per heavy atom. The SMILES string of the molecule is CN(C)c1cccc(C(=O)Nc2ccc(C(=O)N3CCOCC3)cc2)c1. The number of amides is 2. The first-order valence-electron chi connectivity index (χ1n) is 8.60. The van der Waals surface area contributed by atoms with E-state index < -0.39 is 0 Å². The molecule has 26 heavy (non-hydrogen) atoms. The van der Waals surface area contributed by atoms with Crippen molar-refractivity contribution in [1.29, 1.82) is 0 Å². The van der Waals surface area contributed by atoms with E-state index in [-0.39, 0.29) is 11.8 Å². The highest BCUT2D eigenvalue weighted by molar-refractivity contribution is 6.05. The van der Waals surface area contributed by atoms with Crippen molar-refractivity contribution in [2.45, 2.75) is 0 Å². The summed E-state index contributed by atoms with van der Waals surface area (Å²) in [6.07, 6.45) is 0. The summed E-state index contributed by atoms with van der Waals surface area (Å²) in [4.78, 5) is 28.6. The van der Waals surface area contributed by atoms with Crippen molar-refractivity contribution in [2.24, 2.45) is 0 Å². The molecule has 2 aromatic carbocycles. The molecule has 1 saturated heterocycles. The minimum absolute atomic E-state index is 0.00939. The highest BCUT2D eigenvalue weighted by atomic mass is 16.5. The normalized spacial score (nSPS) is 14.0. The second-order valence-corrected chi connectivity index (χ2v) is 6.38. The zero-order valence-corrected chi connectivity index (χ0v) is 15.1. The fourth-order valence-corrected chi connectivity index (χ4v) is 2.77. The third-order valence-electron chi connectivity index (χ3n) is 4.31. The van der Waals surface area contributed by atoms with Crippen LogP contribution in [0, 0.1) is 0 Å². The molecule has 2 aromatic rings. The molecule has 1 fully saturated rings. The molecule has 0 saturated carbocycles. The van der Waals surface area contributed by atoms with Gasteiger partial charge in [-0.3, -0.25) is 9.59 Å². The number of benzene rings is 2.